The van der Waals surface area contributed by atoms with Crippen molar-refractivity contribution in [1.82, 2.24) is 20.1 Å². The molecule has 0 spiro atoms. The van der Waals surface area contributed by atoms with Crippen LogP contribution in [0, 0.1) is 11.8 Å². The molecule has 8 heteroatoms. The molecule has 0 saturated carbocycles. The van der Waals surface area contributed by atoms with Gasteiger partial charge in [0.15, 0.2) is 0 Å². The lowest BCUT2D eigenvalue weighted by Crippen LogP contribution is -2.45. The molecule has 0 aromatic carbocycles. The van der Waals surface area contributed by atoms with Crippen molar-refractivity contribution in [2.45, 2.75) is 26.2 Å². The third kappa shape index (κ3) is 6.39. The van der Waals surface area contributed by atoms with E-state index in [1.807, 2.05) is 4.90 Å². The van der Waals surface area contributed by atoms with Crippen LogP contribution in [0.2, 0.25) is 5.15 Å². The first kappa shape index (κ1) is 22.0. The van der Waals surface area contributed by atoms with Gasteiger partial charge in [-0.25, -0.2) is 4.98 Å². The normalized spacial score (nSPS) is 23.0. The van der Waals surface area contributed by atoms with Crippen LogP contribution >= 0.6 is 11.6 Å². The topological polar surface area (TPSA) is 74.8 Å². The van der Waals surface area contributed by atoms with Crippen LogP contribution in [-0.2, 0) is 9.53 Å². The van der Waals surface area contributed by atoms with Crippen molar-refractivity contribution < 1.29 is 14.3 Å². The minimum absolute atomic E-state index is 0.0128. The average molecular weight is 423 g/mol. The van der Waals surface area contributed by atoms with Crippen molar-refractivity contribution >= 4 is 23.4 Å². The Morgan fingerprint density at radius 2 is 2.07 bits per heavy atom. The number of amides is 2. The molecule has 0 bridgehead atoms. The van der Waals surface area contributed by atoms with Gasteiger partial charge in [0, 0.05) is 57.4 Å². The third-order valence-corrected chi connectivity index (χ3v) is 6.18. The molecule has 29 heavy (non-hydrogen) atoms. The molecule has 2 aliphatic heterocycles. The summed E-state index contributed by atoms with van der Waals surface area (Å²) >= 11 is 5.92. The minimum Gasteiger partial charge on any atom is -0.379 e. The standard InChI is InChI=1S/C21H31ClN4O3/c1-2-16-15-26(21(28)18-3-5-23-19(22)13-18)7-4-17(16)14-20(27)24-6-8-25-9-11-29-12-10-25/h3,5,13,16-17H,2,4,6-12,14-15H2,1H3,(H,24,27)/t16-,17+/m1/s1. The molecular formula is C21H31ClN4O3. The number of pyridine rings is 1. The number of aromatic nitrogens is 1. The quantitative estimate of drug-likeness (QED) is 0.681. The maximum Gasteiger partial charge on any atom is 0.254 e. The summed E-state index contributed by atoms with van der Waals surface area (Å²) in [5.74, 6) is 0.743. The van der Waals surface area contributed by atoms with Crippen LogP contribution in [0.1, 0.15) is 36.5 Å². The molecule has 0 radical (unpaired) electrons. The first-order valence-electron chi connectivity index (χ1n) is 10.5. The van der Waals surface area contributed by atoms with Crippen molar-refractivity contribution in [3.63, 3.8) is 0 Å². The smallest absolute Gasteiger partial charge is 0.254 e. The first-order chi connectivity index (χ1) is 14.1. The molecule has 2 amide bonds. The molecule has 160 valence electrons. The number of halogens is 1. The second kappa shape index (κ2) is 10.9. The number of nitrogens with zero attached hydrogens (tertiary/aromatic N) is 3. The fourth-order valence-electron chi connectivity index (χ4n) is 4.20. The fraction of sp³-hybridized carbons (Fsp3) is 0.667. The van der Waals surface area contributed by atoms with E-state index >= 15 is 0 Å². The number of morpholine rings is 1. The van der Waals surface area contributed by atoms with E-state index in [9.17, 15) is 9.59 Å². The highest BCUT2D eigenvalue weighted by atomic mass is 35.5. The maximum absolute atomic E-state index is 12.8. The molecule has 3 rings (SSSR count). The highest BCUT2D eigenvalue weighted by Gasteiger charge is 2.32. The van der Waals surface area contributed by atoms with Gasteiger partial charge in [0.1, 0.15) is 5.15 Å². The molecular weight excluding hydrogens is 392 g/mol. The van der Waals surface area contributed by atoms with E-state index in [0.29, 0.717) is 48.6 Å². The van der Waals surface area contributed by atoms with Crippen molar-refractivity contribution in [1.29, 1.82) is 0 Å². The van der Waals surface area contributed by atoms with E-state index in [-0.39, 0.29) is 11.8 Å². The number of ether oxygens (including phenoxy) is 1. The van der Waals surface area contributed by atoms with E-state index in [4.69, 9.17) is 16.3 Å². The largest absolute Gasteiger partial charge is 0.379 e. The monoisotopic (exact) mass is 422 g/mol. The van der Waals surface area contributed by atoms with Gasteiger partial charge in [0.25, 0.3) is 5.91 Å². The zero-order chi connectivity index (χ0) is 20.6. The van der Waals surface area contributed by atoms with Crippen LogP contribution in [0.4, 0.5) is 0 Å². The van der Waals surface area contributed by atoms with Crippen molar-refractivity contribution in [3.05, 3.63) is 29.0 Å². The third-order valence-electron chi connectivity index (χ3n) is 5.98. The summed E-state index contributed by atoms with van der Waals surface area (Å²) in [6.45, 7) is 8.44. The molecule has 2 atom stereocenters. The SMILES string of the molecule is CC[C@@H]1CN(C(=O)c2ccnc(Cl)c2)CC[C@H]1CC(=O)NCCN1CCOCC1. The lowest BCUT2D eigenvalue weighted by atomic mass is 9.81. The summed E-state index contributed by atoms with van der Waals surface area (Å²) in [6.07, 6.45) is 3.89. The van der Waals surface area contributed by atoms with Gasteiger partial charge in [0.2, 0.25) is 5.91 Å². The number of piperidine rings is 1. The van der Waals surface area contributed by atoms with Gasteiger partial charge < -0.3 is 15.0 Å². The number of carbonyl (C=O) groups is 2. The number of rotatable bonds is 7. The Balaban J connectivity index is 1.45. The predicted molar refractivity (Wildman–Crippen MR) is 112 cm³/mol. The fourth-order valence-corrected chi connectivity index (χ4v) is 4.38. The molecule has 2 saturated heterocycles. The van der Waals surface area contributed by atoms with Gasteiger partial charge in [-0.15, -0.1) is 0 Å². The Kier molecular flexibility index (Phi) is 8.27. The van der Waals surface area contributed by atoms with Gasteiger partial charge in [-0.3, -0.25) is 14.5 Å². The van der Waals surface area contributed by atoms with Crippen LogP contribution in [0.5, 0.6) is 0 Å². The van der Waals surface area contributed by atoms with Crippen LogP contribution in [-0.4, -0.2) is 79.1 Å². The Bertz CT molecular complexity index is 696. The van der Waals surface area contributed by atoms with Crippen molar-refractivity contribution in [3.8, 4) is 0 Å². The van der Waals surface area contributed by atoms with Crippen molar-refractivity contribution in [2.24, 2.45) is 11.8 Å². The Morgan fingerprint density at radius 1 is 1.28 bits per heavy atom. The summed E-state index contributed by atoms with van der Waals surface area (Å²) in [5, 5.41) is 3.39. The molecule has 7 nitrogen and oxygen atoms in total. The predicted octanol–water partition coefficient (Wildman–Crippen LogP) is 2.06. The lowest BCUT2D eigenvalue weighted by Gasteiger charge is -2.38. The molecule has 0 aliphatic carbocycles. The van der Waals surface area contributed by atoms with Crippen LogP contribution < -0.4 is 5.32 Å². The summed E-state index contributed by atoms with van der Waals surface area (Å²) < 4.78 is 5.34. The number of hydrogen-bond donors (Lipinski definition) is 1. The highest BCUT2D eigenvalue weighted by Crippen LogP contribution is 2.30. The summed E-state index contributed by atoms with van der Waals surface area (Å²) in [6, 6.07) is 3.31. The molecule has 2 fully saturated rings. The molecule has 3 heterocycles. The minimum atomic E-state index is -0.0128. The molecule has 1 aromatic rings. The maximum atomic E-state index is 12.8. The van der Waals surface area contributed by atoms with Crippen molar-refractivity contribution in [2.75, 3.05) is 52.5 Å². The first-order valence-corrected chi connectivity index (χ1v) is 10.9. The van der Waals surface area contributed by atoms with E-state index < -0.39 is 0 Å². The van der Waals surface area contributed by atoms with Gasteiger partial charge in [-0.2, -0.15) is 0 Å². The van der Waals surface area contributed by atoms with E-state index in [1.54, 1.807) is 18.3 Å². The Morgan fingerprint density at radius 3 is 2.79 bits per heavy atom. The zero-order valence-electron chi connectivity index (χ0n) is 17.1. The van der Waals surface area contributed by atoms with E-state index in [1.165, 1.54) is 0 Å². The summed E-state index contributed by atoms with van der Waals surface area (Å²) in [4.78, 5) is 33.3. The van der Waals surface area contributed by atoms with Crippen LogP contribution in [0.15, 0.2) is 18.3 Å². The number of nitrogens with one attached hydrogen (secondary N) is 1. The van der Waals surface area contributed by atoms with Gasteiger partial charge >= 0.3 is 0 Å². The molecule has 0 unspecified atom stereocenters. The van der Waals surface area contributed by atoms with Gasteiger partial charge in [-0.05, 0) is 30.4 Å². The molecule has 1 N–H and O–H groups in total. The summed E-state index contributed by atoms with van der Waals surface area (Å²) in [5.41, 5.74) is 0.569. The van der Waals surface area contributed by atoms with Crippen LogP contribution in [0.3, 0.4) is 0 Å². The highest BCUT2D eigenvalue weighted by molar-refractivity contribution is 6.29. The lowest BCUT2D eigenvalue weighted by molar-refractivity contribution is -0.122. The Hall–Kier alpha value is -1.70. The molecule has 1 aromatic heterocycles. The average Bonchev–Trinajstić information content (AvgIpc) is 2.74. The summed E-state index contributed by atoms with van der Waals surface area (Å²) in [7, 11) is 0. The van der Waals surface area contributed by atoms with Crippen LogP contribution in [0.25, 0.3) is 0 Å². The number of likely N-dealkylation sites (tertiary alicyclic amines) is 1. The zero-order valence-corrected chi connectivity index (χ0v) is 17.9. The second-order valence-electron chi connectivity index (χ2n) is 7.84. The van der Waals surface area contributed by atoms with E-state index in [2.05, 4.69) is 22.1 Å². The number of hydrogen-bond acceptors (Lipinski definition) is 5. The Labute approximate surface area is 177 Å². The second-order valence-corrected chi connectivity index (χ2v) is 8.23. The molecule has 2 aliphatic rings. The van der Waals surface area contributed by atoms with E-state index in [0.717, 1.165) is 45.7 Å². The number of carbonyl (C=O) groups excluding carboxylic acids is 2. The van der Waals surface area contributed by atoms with Gasteiger partial charge in [-0.1, -0.05) is 24.9 Å². The van der Waals surface area contributed by atoms with Gasteiger partial charge in [0.05, 0.1) is 13.2 Å².